The molecule has 0 bridgehead atoms. The molecule has 6 nitrogen and oxygen atoms in total. The van der Waals surface area contributed by atoms with E-state index < -0.39 is 6.10 Å². The lowest BCUT2D eigenvalue weighted by Gasteiger charge is -2.22. The van der Waals surface area contributed by atoms with Crippen LogP contribution in [0.15, 0.2) is 59.1 Å². The van der Waals surface area contributed by atoms with Crippen LogP contribution in [-0.2, 0) is 11.3 Å². The number of rotatable bonds is 7. The van der Waals surface area contributed by atoms with Gasteiger partial charge < -0.3 is 14.2 Å². The van der Waals surface area contributed by atoms with Crippen LogP contribution in [0.5, 0.6) is 5.75 Å². The second kappa shape index (κ2) is 8.68. The lowest BCUT2D eigenvalue weighted by molar-refractivity contribution is -0.138. The Balaban J connectivity index is 1.64. The van der Waals surface area contributed by atoms with Crippen molar-refractivity contribution in [2.24, 2.45) is 0 Å². The van der Waals surface area contributed by atoms with Gasteiger partial charge in [-0.1, -0.05) is 54.0 Å². The van der Waals surface area contributed by atoms with Gasteiger partial charge in [-0.3, -0.25) is 4.79 Å². The number of aromatic nitrogens is 2. The van der Waals surface area contributed by atoms with E-state index in [2.05, 4.69) is 10.1 Å². The highest BCUT2D eigenvalue weighted by Crippen LogP contribution is 2.19. The predicted octanol–water partition coefficient (Wildman–Crippen LogP) is 4.21. The summed E-state index contributed by atoms with van der Waals surface area (Å²) < 4.78 is 11.1. The maximum atomic E-state index is 12.7. The minimum absolute atomic E-state index is 0.160. The number of carbonyl (C=O) groups is 1. The first kappa shape index (κ1) is 18.9. The molecule has 1 amide bonds. The van der Waals surface area contributed by atoms with Crippen molar-refractivity contribution < 1.29 is 14.1 Å². The van der Waals surface area contributed by atoms with Crippen molar-refractivity contribution >= 4 is 17.5 Å². The van der Waals surface area contributed by atoms with Gasteiger partial charge in [-0.05, 0) is 30.7 Å². The highest BCUT2D eigenvalue weighted by molar-refractivity contribution is 6.30. The highest BCUT2D eigenvalue weighted by atomic mass is 35.5. The van der Waals surface area contributed by atoms with E-state index in [1.165, 1.54) is 4.90 Å². The van der Waals surface area contributed by atoms with Crippen LogP contribution in [0, 0.1) is 0 Å². The summed E-state index contributed by atoms with van der Waals surface area (Å²) in [6, 6.07) is 16.4. The predicted molar refractivity (Wildman–Crippen MR) is 102 cm³/mol. The standard InChI is InChI=1S/C20H20ClN3O3/c1-3-17(26-16-11-9-15(21)10-12-16)20(25)24(2)13-18-22-19(23-27-18)14-7-5-4-6-8-14/h4-12,17H,3,13H2,1-2H3/t17-/m1/s1. The molecule has 27 heavy (non-hydrogen) atoms. The molecule has 0 radical (unpaired) electrons. The second-order valence-electron chi connectivity index (χ2n) is 6.04. The average molecular weight is 386 g/mol. The summed E-state index contributed by atoms with van der Waals surface area (Å²) in [5.74, 6) is 1.30. The van der Waals surface area contributed by atoms with Crippen LogP contribution in [-0.4, -0.2) is 34.1 Å². The molecule has 2 aromatic carbocycles. The van der Waals surface area contributed by atoms with E-state index in [1.807, 2.05) is 37.3 Å². The molecular weight excluding hydrogens is 366 g/mol. The highest BCUT2D eigenvalue weighted by Gasteiger charge is 2.24. The summed E-state index contributed by atoms with van der Waals surface area (Å²) in [6.07, 6.45) is -0.0714. The number of amides is 1. The first-order valence-corrected chi connectivity index (χ1v) is 9.00. The lowest BCUT2D eigenvalue weighted by atomic mass is 10.2. The zero-order chi connectivity index (χ0) is 19.2. The SMILES string of the molecule is CC[C@@H](Oc1ccc(Cl)cc1)C(=O)N(C)Cc1nc(-c2ccccc2)no1. The Morgan fingerprint density at radius 3 is 2.56 bits per heavy atom. The van der Waals surface area contributed by atoms with Crippen LogP contribution < -0.4 is 4.74 Å². The number of nitrogens with zero attached hydrogens (tertiary/aromatic N) is 3. The van der Waals surface area contributed by atoms with Crippen molar-refractivity contribution in [3.63, 3.8) is 0 Å². The first-order chi connectivity index (χ1) is 13.1. The fourth-order valence-corrected chi connectivity index (χ4v) is 2.66. The van der Waals surface area contributed by atoms with Gasteiger partial charge in [0.05, 0.1) is 6.54 Å². The molecule has 0 spiro atoms. The van der Waals surface area contributed by atoms with E-state index in [1.54, 1.807) is 31.3 Å². The Bertz CT molecular complexity index is 881. The fourth-order valence-electron chi connectivity index (χ4n) is 2.54. The summed E-state index contributed by atoms with van der Waals surface area (Å²) in [5, 5.41) is 4.59. The molecule has 0 saturated carbocycles. The van der Waals surface area contributed by atoms with Gasteiger partial charge in [0.1, 0.15) is 5.75 Å². The second-order valence-corrected chi connectivity index (χ2v) is 6.48. The van der Waals surface area contributed by atoms with Crippen molar-refractivity contribution in [3.05, 3.63) is 65.5 Å². The van der Waals surface area contributed by atoms with E-state index in [9.17, 15) is 4.79 Å². The third kappa shape index (κ3) is 4.86. The number of halogens is 1. The zero-order valence-electron chi connectivity index (χ0n) is 15.1. The van der Waals surface area contributed by atoms with Gasteiger partial charge in [0.15, 0.2) is 6.10 Å². The van der Waals surface area contributed by atoms with Gasteiger partial charge in [-0.2, -0.15) is 4.98 Å². The Hall–Kier alpha value is -2.86. The molecule has 0 N–H and O–H groups in total. The Morgan fingerprint density at radius 1 is 1.19 bits per heavy atom. The molecule has 1 heterocycles. The number of benzene rings is 2. The fraction of sp³-hybridized carbons (Fsp3) is 0.250. The molecule has 3 aromatic rings. The maximum absolute atomic E-state index is 12.7. The van der Waals surface area contributed by atoms with Crippen LogP contribution in [0.1, 0.15) is 19.2 Å². The lowest BCUT2D eigenvalue weighted by Crippen LogP contribution is -2.39. The minimum atomic E-state index is -0.604. The summed E-state index contributed by atoms with van der Waals surface area (Å²) in [7, 11) is 1.68. The van der Waals surface area contributed by atoms with E-state index in [-0.39, 0.29) is 12.5 Å². The van der Waals surface area contributed by atoms with Gasteiger partial charge >= 0.3 is 0 Å². The van der Waals surface area contributed by atoms with E-state index in [4.69, 9.17) is 20.9 Å². The molecule has 7 heteroatoms. The van der Waals surface area contributed by atoms with Crippen LogP contribution >= 0.6 is 11.6 Å². The minimum Gasteiger partial charge on any atom is -0.481 e. The molecule has 0 aliphatic carbocycles. The molecule has 1 aromatic heterocycles. The van der Waals surface area contributed by atoms with Gasteiger partial charge in [-0.15, -0.1) is 0 Å². The van der Waals surface area contributed by atoms with Crippen molar-refractivity contribution in [1.29, 1.82) is 0 Å². The molecule has 3 rings (SSSR count). The largest absolute Gasteiger partial charge is 0.481 e. The Morgan fingerprint density at radius 2 is 1.89 bits per heavy atom. The Kier molecular flexibility index (Phi) is 6.08. The van der Waals surface area contributed by atoms with Crippen molar-refractivity contribution in [3.8, 4) is 17.1 Å². The number of likely N-dealkylation sites (N-methyl/N-ethyl adjacent to an activating group) is 1. The third-order valence-corrected chi connectivity index (χ3v) is 4.24. The summed E-state index contributed by atoms with van der Waals surface area (Å²) in [4.78, 5) is 18.6. The van der Waals surface area contributed by atoms with Crippen LogP contribution in [0.4, 0.5) is 0 Å². The van der Waals surface area contributed by atoms with E-state index >= 15 is 0 Å². The molecule has 1 atom stereocenters. The Labute approximate surface area is 162 Å². The van der Waals surface area contributed by atoms with Crippen molar-refractivity contribution in [1.82, 2.24) is 15.0 Å². The number of carbonyl (C=O) groups excluding carboxylic acids is 1. The summed E-state index contributed by atoms with van der Waals surface area (Å²) in [5.41, 5.74) is 0.860. The smallest absolute Gasteiger partial charge is 0.263 e. The molecule has 0 fully saturated rings. The maximum Gasteiger partial charge on any atom is 0.263 e. The summed E-state index contributed by atoms with van der Waals surface area (Å²) in [6.45, 7) is 2.10. The molecule has 140 valence electrons. The average Bonchev–Trinajstić information content (AvgIpc) is 3.16. The zero-order valence-corrected chi connectivity index (χ0v) is 15.9. The van der Waals surface area contributed by atoms with Gasteiger partial charge in [0, 0.05) is 17.6 Å². The molecule has 0 aliphatic rings. The van der Waals surface area contributed by atoms with Gasteiger partial charge in [-0.25, -0.2) is 0 Å². The van der Waals surface area contributed by atoms with Crippen LogP contribution in [0.3, 0.4) is 0 Å². The van der Waals surface area contributed by atoms with E-state index in [0.29, 0.717) is 28.9 Å². The molecule has 0 aliphatic heterocycles. The summed E-state index contributed by atoms with van der Waals surface area (Å²) >= 11 is 5.88. The molecular formula is C20H20ClN3O3. The monoisotopic (exact) mass is 385 g/mol. The normalized spacial score (nSPS) is 11.8. The number of hydrogen-bond acceptors (Lipinski definition) is 5. The number of hydrogen-bond donors (Lipinski definition) is 0. The molecule has 0 saturated heterocycles. The quantitative estimate of drug-likeness (QED) is 0.609. The van der Waals surface area contributed by atoms with Crippen molar-refractivity contribution in [2.45, 2.75) is 26.0 Å². The van der Waals surface area contributed by atoms with Crippen molar-refractivity contribution in [2.75, 3.05) is 7.05 Å². The van der Waals surface area contributed by atoms with Crippen LogP contribution in [0.2, 0.25) is 5.02 Å². The topological polar surface area (TPSA) is 68.5 Å². The molecule has 0 unspecified atom stereocenters. The van der Waals surface area contributed by atoms with Gasteiger partial charge in [0.25, 0.3) is 5.91 Å². The van der Waals surface area contributed by atoms with Gasteiger partial charge in [0.2, 0.25) is 11.7 Å². The third-order valence-electron chi connectivity index (χ3n) is 3.99. The van der Waals surface area contributed by atoms with Crippen LogP contribution in [0.25, 0.3) is 11.4 Å². The first-order valence-electron chi connectivity index (χ1n) is 8.62. The number of ether oxygens (including phenoxy) is 1. The van der Waals surface area contributed by atoms with E-state index in [0.717, 1.165) is 5.56 Å².